The second-order valence-corrected chi connectivity index (χ2v) is 5.59. The average molecular weight is 273 g/mol. The Morgan fingerprint density at radius 3 is 2.40 bits per heavy atom. The van der Waals surface area contributed by atoms with Crippen molar-refractivity contribution in [2.45, 2.75) is 26.5 Å². The molecule has 0 fully saturated rings. The molecule has 0 aliphatic heterocycles. The molecule has 0 saturated carbocycles. The van der Waals surface area contributed by atoms with E-state index in [1.54, 1.807) is 6.26 Å². The SMILES string of the molecule is CC(C)CN(Cc1ccco1)CC(O)c1ccccc1. The van der Waals surface area contributed by atoms with Gasteiger partial charge in [0.25, 0.3) is 0 Å². The molecule has 0 amide bonds. The zero-order chi connectivity index (χ0) is 14.4. The van der Waals surface area contributed by atoms with E-state index in [-0.39, 0.29) is 0 Å². The van der Waals surface area contributed by atoms with Crippen molar-refractivity contribution in [1.82, 2.24) is 4.90 Å². The molecule has 1 atom stereocenters. The smallest absolute Gasteiger partial charge is 0.117 e. The van der Waals surface area contributed by atoms with Crippen LogP contribution in [0.3, 0.4) is 0 Å². The second kappa shape index (κ2) is 7.27. The van der Waals surface area contributed by atoms with Gasteiger partial charge in [-0.3, -0.25) is 4.90 Å². The predicted octanol–water partition coefficient (Wildman–Crippen LogP) is 3.47. The van der Waals surface area contributed by atoms with Crippen molar-refractivity contribution in [2.75, 3.05) is 13.1 Å². The first-order chi connectivity index (χ1) is 9.65. The first-order valence-corrected chi connectivity index (χ1v) is 7.13. The van der Waals surface area contributed by atoms with Crippen molar-refractivity contribution in [3.8, 4) is 0 Å². The number of hydrogen-bond acceptors (Lipinski definition) is 3. The minimum absolute atomic E-state index is 0.468. The van der Waals surface area contributed by atoms with Crippen molar-refractivity contribution >= 4 is 0 Å². The molecular weight excluding hydrogens is 250 g/mol. The Morgan fingerprint density at radius 2 is 1.80 bits per heavy atom. The van der Waals surface area contributed by atoms with Gasteiger partial charge in [0.2, 0.25) is 0 Å². The van der Waals surface area contributed by atoms with Crippen LogP contribution in [0.1, 0.15) is 31.3 Å². The number of benzene rings is 1. The molecule has 0 aliphatic rings. The van der Waals surface area contributed by atoms with Crippen LogP contribution in [0.2, 0.25) is 0 Å². The van der Waals surface area contributed by atoms with Crippen molar-refractivity contribution < 1.29 is 9.52 Å². The third kappa shape index (κ3) is 4.51. The highest BCUT2D eigenvalue weighted by molar-refractivity contribution is 5.17. The molecule has 0 aliphatic carbocycles. The van der Waals surface area contributed by atoms with Gasteiger partial charge in [0.05, 0.1) is 18.9 Å². The van der Waals surface area contributed by atoms with Crippen molar-refractivity contribution in [1.29, 1.82) is 0 Å². The number of aliphatic hydroxyl groups is 1. The Morgan fingerprint density at radius 1 is 1.05 bits per heavy atom. The lowest BCUT2D eigenvalue weighted by Gasteiger charge is -2.26. The maximum absolute atomic E-state index is 10.4. The van der Waals surface area contributed by atoms with E-state index in [2.05, 4.69) is 18.7 Å². The van der Waals surface area contributed by atoms with E-state index < -0.39 is 6.10 Å². The first kappa shape index (κ1) is 14.8. The highest BCUT2D eigenvalue weighted by Crippen LogP contribution is 2.16. The first-order valence-electron chi connectivity index (χ1n) is 7.13. The Kier molecular flexibility index (Phi) is 5.39. The molecule has 1 aromatic heterocycles. The van der Waals surface area contributed by atoms with Gasteiger partial charge in [0, 0.05) is 13.1 Å². The summed E-state index contributed by atoms with van der Waals surface area (Å²) in [5.41, 5.74) is 0.959. The van der Waals surface area contributed by atoms with Crippen molar-refractivity contribution in [3.63, 3.8) is 0 Å². The highest BCUT2D eigenvalue weighted by Gasteiger charge is 2.15. The van der Waals surface area contributed by atoms with E-state index in [4.69, 9.17) is 4.42 Å². The summed E-state index contributed by atoms with van der Waals surface area (Å²) in [6.45, 7) is 6.65. The Bertz CT molecular complexity index is 479. The number of hydrogen-bond donors (Lipinski definition) is 1. The summed E-state index contributed by atoms with van der Waals surface area (Å²) in [5, 5.41) is 10.4. The lowest BCUT2D eigenvalue weighted by molar-refractivity contribution is 0.0974. The molecule has 1 N–H and O–H groups in total. The lowest BCUT2D eigenvalue weighted by atomic mass is 10.1. The fourth-order valence-corrected chi connectivity index (χ4v) is 2.37. The number of rotatable bonds is 7. The predicted molar refractivity (Wildman–Crippen MR) is 80.2 cm³/mol. The van der Waals surface area contributed by atoms with E-state index in [0.717, 1.165) is 24.4 Å². The van der Waals surface area contributed by atoms with Crippen molar-refractivity contribution in [3.05, 3.63) is 60.1 Å². The normalized spacial score (nSPS) is 13.1. The maximum Gasteiger partial charge on any atom is 0.117 e. The fraction of sp³-hybridized carbons (Fsp3) is 0.412. The van der Waals surface area contributed by atoms with Gasteiger partial charge >= 0.3 is 0 Å². The molecule has 3 nitrogen and oxygen atoms in total. The van der Waals surface area contributed by atoms with Gasteiger partial charge in [-0.05, 0) is 23.6 Å². The van der Waals surface area contributed by atoms with E-state index >= 15 is 0 Å². The largest absolute Gasteiger partial charge is 0.468 e. The highest BCUT2D eigenvalue weighted by atomic mass is 16.3. The molecule has 2 rings (SSSR count). The Balaban J connectivity index is 1.99. The van der Waals surface area contributed by atoms with Gasteiger partial charge in [-0.2, -0.15) is 0 Å². The van der Waals surface area contributed by atoms with Crippen LogP contribution >= 0.6 is 0 Å². The molecule has 0 radical (unpaired) electrons. The summed E-state index contributed by atoms with van der Waals surface area (Å²) < 4.78 is 5.41. The molecule has 108 valence electrons. The van der Waals surface area contributed by atoms with Gasteiger partial charge in [0.15, 0.2) is 0 Å². The maximum atomic E-state index is 10.4. The molecule has 2 aromatic rings. The molecule has 20 heavy (non-hydrogen) atoms. The minimum Gasteiger partial charge on any atom is -0.468 e. The van der Waals surface area contributed by atoms with Crippen LogP contribution in [0.25, 0.3) is 0 Å². The van der Waals surface area contributed by atoms with Crippen LogP contribution in [0, 0.1) is 5.92 Å². The molecule has 1 aromatic carbocycles. The summed E-state index contributed by atoms with van der Waals surface area (Å²) in [6, 6.07) is 13.7. The standard InChI is InChI=1S/C17H23NO2/c1-14(2)11-18(12-16-9-6-10-20-16)13-17(19)15-7-4-3-5-8-15/h3-10,14,17,19H,11-13H2,1-2H3. The minimum atomic E-state index is -0.468. The van der Waals surface area contributed by atoms with Crippen molar-refractivity contribution in [2.24, 2.45) is 5.92 Å². The quantitative estimate of drug-likeness (QED) is 0.839. The van der Waals surface area contributed by atoms with Gasteiger partial charge in [-0.25, -0.2) is 0 Å². The third-order valence-corrected chi connectivity index (χ3v) is 3.20. The van der Waals surface area contributed by atoms with Gasteiger partial charge in [-0.1, -0.05) is 44.2 Å². The number of aliphatic hydroxyl groups excluding tert-OH is 1. The van der Waals surface area contributed by atoms with E-state index in [0.29, 0.717) is 12.5 Å². The average Bonchev–Trinajstić information content (AvgIpc) is 2.91. The number of furan rings is 1. The Hall–Kier alpha value is -1.58. The van der Waals surface area contributed by atoms with E-state index in [1.165, 1.54) is 0 Å². The zero-order valence-corrected chi connectivity index (χ0v) is 12.2. The molecular formula is C17H23NO2. The van der Waals surface area contributed by atoms with Crippen LogP contribution in [0.4, 0.5) is 0 Å². The monoisotopic (exact) mass is 273 g/mol. The van der Waals surface area contributed by atoms with E-state index in [9.17, 15) is 5.11 Å². The summed E-state index contributed by atoms with van der Waals surface area (Å²) in [5.74, 6) is 1.49. The van der Waals surface area contributed by atoms with Crippen LogP contribution in [0.5, 0.6) is 0 Å². The summed E-state index contributed by atoms with van der Waals surface area (Å²) in [6.07, 6.45) is 1.22. The second-order valence-electron chi connectivity index (χ2n) is 5.59. The third-order valence-electron chi connectivity index (χ3n) is 3.20. The Labute approximate surface area is 120 Å². The van der Waals surface area contributed by atoms with Crippen LogP contribution in [-0.4, -0.2) is 23.1 Å². The zero-order valence-electron chi connectivity index (χ0n) is 12.2. The van der Waals surface area contributed by atoms with Crippen LogP contribution in [-0.2, 0) is 6.54 Å². The van der Waals surface area contributed by atoms with Gasteiger partial charge in [-0.15, -0.1) is 0 Å². The summed E-state index contributed by atoms with van der Waals surface area (Å²) in [4.78, 5) is 2.24. The number of nitrogens with zero attached hydrogens (tertiary/aromatic N) is 1. The summed E-state index contributed by atoms with van der Waals surface area (Å²) in [7, 11) is 0. The molecule has 1 heterocycles. The van der Waals surface area contributed by atoms with Crippen LogP contribution in [0.15, 0.2) is 53.1 Å². The van der Waals surface area contributed by atoms with Gasteiger partial charge < -0.3 is 9.52 Å². The summed E-state index contributed by atoms with van der Waals surface area (Å²) >= 11 is 0. The molecule has 0 bridgehead atoms. The lowest BCUT2D eigenvalue weighted by Crippen LogP contribution is -2.31. The van der Waals surface area contributed by atoms with E-state index in [1.807, 2.05) is 42.5 Å². The molecule has 1 unspecified atom stereocenters. The molecule has 0 saturated heterocycles. The van der Waals surface area contributed by atoms with Gasteiger partial charge in [0.1, 0.15) is 5.76 Å². The topological polar surface area (TPSA) is 36.6 Å². The molecule has 3 heteroatoms. The molecule has 0 spiro atoms. The fourth-order valence-electron chi connectivity index (χ4n) is 2.37. The van der Waals surface area contributed by atoms with Crippen LogP contribution < -0.4 is 0 Å².